The van der Waals surface area contributed by atoms with Gasteiger partial charge in [-0.05, 0) is 64.1 Å². The Labute approximate surface area is 110 Å². The van der Waals surface area contributed by atoms with Gasteiger partial charge in [-0.3, -0.25) is 0 Å². The average molecular weight is 252 g/mol. The number of nitrogens with zero attached hydrogens (tertiary/aromatic N) is 1. The van der Waals surface area contributed by atoms with Gasteiger partial charge in [0.2, 0.25) is 0 Å². The van der Waals surface area contributed by atoms with Crippen molar-refractivity contribution in [2.75, 3.05) is 27.2 Å². The quantitative estimate of drug-likeness (QED) is 0.802. The largest absolute Gasteiger partial charge is 0.310 e. The number of nitrogens with one attached hydrogen (secondary N) is 1. The molecular weight excluding hydrogens is 227 g/mol. The van der Waals surface area contributed by atoms with E-state index in [1.165, 1.54) is 5.56 Å². The van der Waals surface area contributed by atoms with Crippen molar-refractivity contribution in [1.29, 1.82) is 0 Å². The van der Waals surface area contributed by atoms with Crippen LogP contribution in [0.25, 0.3) is 0 Å². The molecule has 1 aromatic rings. The van der Waals surface area contributed by atoms with Crippen LogP contribution in [0.2, 0.25) is 0 Å². The molecule has 2 nitrogen and oxygen atoms in total. The summed E-state index contributed by atoms with van der Waals surface area (Å²) in [6.45, 7) is 6.00. The monoisotopic (exact) mass is 252 g/mol. The summed E-state index contributed by atoms with van der Waals surface area (Å²) in [4.78, 5) is 2.18. The Bertz CT molecular complexity index is 364. The van der Waals surface area contributed by atoms with Crippen LogP contribution in [0.1, 0.15) is 36.9 Å². The molecule has 0 saturated heterocycles. The Morgan fingerprint density at radius 1 is 1.33 bits per heavy atom. The van der Waals surface area contributed by atoms with Crippen LogP contribution in [0.15, 0.2) is 18.2 Å². The van der Waals surface area contributed by atoms with Crippen LogP contribution in [0.3, 0.4) is 0 Å². The number of benzene rings is 1. The molecular formula is C15H25FN2. The van der Waals surface area contributed by atoms with Crippen molar-refractivity contribution in [3.63, 3.8) is 0 Å². The molecule has 0 aliphatic heterocycles. The molecule has 0 fully saturated rings. The molecule has 0 aliphatic rings. The molecule has 1 N–H and O–H groups in total. The summed E-state index contributed by atoms with van der Waals surface area (Å²) in [6, 6.07) is 5.73. The molecule has 0 aromatic heterocycles. The first-order valence-electron chi connectivity index (χ1n) is 6.68. The highest BCUT2D eigenvalue weighted by molar-refractivity contribution is 5.26. The van der Waals surface area contributed by atoms with Gasteiger partial charge in [0, 0.05) is 6.04 Å². The van der Waals surface area contributed by atoms with Gasteiger partial charge in [0.1, 0.15) is 5.82 Å². The summed E-state index contributed by atoms with van der Waals surface area (Å²) >= 11 is 0. The Kier molecular flexibility index (Phi) is 6.30. The first-order valence-corrected chi connectivity index (χ1v) is 6.68. The van der Waals surface area contributed by atoms with Gasteiger partial charge in [-0.25, -0.2) is 4.39 Å². The van der Waals surface area contributed by atoms with Crippen molar-refractivity contribution in [2.24, 2.45) is 0 Å². The Morgan fingerprint density at radius 2 is 2.06 bits per heavy atom. The molecule has 0 heterocycles. The lowest BCUT2D eigenvalue weighted by Crippen LogP contribution is -2.26. The minimum absolute atomic E-state index is 0.124. The Hall–Kier alpha value is -0.930. The van der Waals surface area contributed by atoms with E-state index in [0.29, 0.717) is 6.04 Å². The number of hydrogen-bond donors (Lipinski definition) is 1. The second-order valence-corrected chi connectivity index (χ2v) is 5.11. The van der Waals surface area contributed by atoms with Gasteiger partial charge in [-0.1, -0.05) is 19.1 Å². The first kappa shape index (κ1) is 15.1. The van der Waals surface area contributed by atoms with E-state index < -0.39 is 0 Å². The van der Waals surface area contributed by atoms with Crippen LogP contribution in [0.4, 0.5) is 4.39 Å². The van der Waals surface area contributed by atoms with E-state index in [1.807, 2.05) is 19.1 Å². The zero-order chi connectivity index (χ0) is 13.5. The molecule has 0 amide bonds. The smallest absolute Gasteiger partial charge is 0.126 e. The highest BCUT2D eigenvalue weighted by Gasteiger charge is 2.12. The minimum Gasteiger partial charge on any atom is -0.310 e. The van der Waals surface area contributed by atoms with Crippen LogP contribution in [0.5, 0.6) is 0 Å². The fraction of sp³-hybridized carbons (Fsp3) is 0.600. The van der Waals surface area contributed by atoms with Gasteiger partial charge in [0.05, 0.1) is 0 Å². The SMILES string of the molecule is CCCNC(CCN(C)C)c1ccc(F)c(C)c1. The summed E-state index contributed by atoms with van der Waals surface area (Å²) in [6.07, 6.45) is 2.15. The molecule has 0 bridgehead atoms. The highest BCUT2D eigenvalue weighted by atomic mass is 19.1. The molecule has 0 spiro atoms. The van der Waals surface area contributed by atoms with E-state index in [1.54, 1.807) is 6.07 Å². The number of aryl methyl sites for hydroxylation is 1. The van der Waals surface area contributed by atoms with Crippen molar-refractivity contribution >= 4 is 0 Å². The number of halogens is 1. The number of rotatable bonds is 7. The maximum atomic E-state index is 13.3. The van der Waals surface area contributed by atoms with Crippen LogP contribution in [0, 0.1) is 12.7 Å². The fourth-order valence-electron chi connectivity index (χ4n) is 1.98. The molecule has 1 rings (SSSR count). The summed E-state index contributed by atoms with van der Waals surface area (Å²) in [5.74, 6) is -0.124. The number of hydrogen-bond acceptors (Lipinski definition) is 2. The minimum atomic E-state index is -0.124. The Morgan fingerprint density at radius 3 is 2.61 bits per heavy atom. The van der Waals surface area contributed by atoms with E-state index in [0.717, 1.165) is 31.5 Å². The van der Waals surface area contributed by atoms with Crippen molar-refractivity contribution in [3.05, 3.63) is 35.1 Å². The zero-order valence-electron chi connectivity index (χ0n) is 12.0. The standard InChI is InChI=1S/C15H25FN2/c1-5-9-17-15(8-10-18(3)4)13-6-7-14(16)12(2)11-13/h6-7,11,15,17H,5,8-10H2,1-4H3. The lowest BCUT2D eigenvalue weighted by Gasteiger charge is -2.21. The highest BCUT2D eigenvalue weighted by Crippen LogP contribution is 2.20. The topological polar surface area (TPSA) is 15.3 Å². The summed E-state index contributed by atoms with van der Waals surface area (Å²) in [7, 11) is 4.15. The van der Waals surface area contributed by atoms with E-state index in [-0.39, 0.29) is 5.82 Å². The van der Waals surface area contributed by atoms with Crippen molar-refractivity contribution in [3.8, 4) is 0 Å². The molecule has 3 heteroatoms. The van der Waals surface area contributed by atoms with Crippen molar-refractivity contribution < 1.29 is 4.39 Å². The van der Waals surface area contributed by atoms with Crippen LogP contribution < -0.4 is 5.32 Å². The van der Waals surface area contributed by atoms with Gasteiger partial charge in [0.15, 0.2) is 0 Å². The van der Waals surface area contributed by atoms with E-state index in [2.05, 4.69) is 31.2 Å². The average Bonchev–Trinajstić information content (AvgIpc) is 2.33. The summed E-state index contributed by atoms with van der Waals surface area (Å²) < 4.78 is 13.3. The second-order valence-electron chi connectivity index (χ2n) is 5.11. The van der Waals surface area contributed by atoms with E-state index in [4.69, 9.17) is 0 Å². The third-order valence-corrected chi connectivity index (χ3v) is 3.09. The van der Waals surface area contributed by atoms with E-state index >= 15 is 0 Å². The molecule has 1 unspecified atom stereocenters. The van der Waals surface area contributed by atoms with Crippen LogP contribution in [-0.4, -0.2) is 32.1 Å². The molecule has 102 valence electrons. The zero-order valence-corrected chi connectivity index (χ0v) is 12.0. The van der Waals surface area contributed by atoms with Gasteiger partial charge >= 0.3 is 0 Å². The molecule has 1 atom stereocenters. The molecule has 0 saturated carbocycles. The maximum Gasteiger partial charge on any atom is 0.126 e. The van der Waals surface area contributed by atoms with Gasteiger partial charge in [-0.15, -0.1) is 0 Å². The molecule has 18 heavy (non-hydrogen) atoms. The van der Waals surface area contributed by atoms with Crippen molar-refractivity contribution in [2.45, 2.75) is 32.7 Å². The Balaban J connectivity index is 2.76. The third-order valence-electron chi connectivity index (χ3n) is 3.09. The van der Waals surface area contributed by atoms with Gasteiger partial charge < -0.3 is 10.2 Å². The van der Waals surface area contributed by atoms with Gasteiger partial charge in [-0.2, -0.15) is 0 Å². The normalized spacial score (nSPS) is 13.0. The molecule has 0 aliphatic carbocycles. The third kappa shape index (κ3) is 4.75. The second kappa shape index (κ2) is 7.49. The van der Waals surface area contributed by atoms with Gasteiger partial charge in [0.25, 0.3) is 0 Å². The predicted octanol–water partition coefficient (Wildman–Crippen LogP) is 3.13. The van der Waals surface area contributed by atoms with Crippen LogP contribution >= 0.6 is 0 Å². The summed E-state index contributed by atoms with van der Waals surface area (Å²) in [5, 5.41) is 3.54. The lowest BCUT2D eigenvalue weighted by atomic mass is 10.0. The van der Waals surface area contributed by atoms with E-state index in [9.17, 15) is 4.39 Å². The fourth-order valence-corrected chi connectivity index (χ4v) is 1.98. The predicted molar refractivity (Wildman–Crippen MR) is 75.3 cm³/mol. The molecule has 1 aromatic carbocycles. The summed E-state index contributed by atoms with van der Waals surface area (Å²) in [5.41, 5.74) is 1.91. The van der Waals surface area contributed by atoms with Crippen LogP contribution in [-0.2, 0) is 0 Å². The lowest BCUT2D eigenvalue weighted by molar-refractivity contribution is 0.361. The van der Waals surface area contributed by atoms with Crippen molar-refractivity contribution in [1.82, 2.24) is 10.2 Å². The first-order chi connectivity index (χ1) is 8.54. The molecule has 0 radical (unpaired) electrons. The maximum absolute atomic E-state index is 13.3.